The summed E-state index contributed by atoms with van der Waals surface area (Å²) < 4.78 is 10.8. The summed E-state index contributed by atoms with van der Waals surface area (Å²) in [6.45, 7) is 0.881. The second kappa shape index (κ2) is 6.18. The highest BCUT2D eigenvalue weighted by Crippen LogP contribution is 2.44. The van der Waals surface area contributed by atoms with Crippen molar-refractivity contribution in [2.75, 3.05) is 26.5 Å². The first-order valence-electron chi connectivity index (χ1n) is 7.36. The molecule has 1 saturated heterocycles. The van der Waals surface area contributed by atoms with Crippen molar-refractivity contribution in [1.82, 2.24) is 4.90 Å². The zero-order valence-corrected chi connectivity index (χ0v) is 13.3. The Hall–Kier alpha value is -1.36. The minimum Gasteiger partial charge on any atom is -0.497 e. The van der Waals surface area contributed by atoms with Crippen molar-refractivity contribution in [2.24, 2.45) is 5.92 Å². The number of amides is 1. The number of rotatable bonds is 5. The molecule has 21 heavy (non-hydrogen) atoms. The average molecular weight is 307 g/mol. The Labute approximate surface area is 129 Å². The van der Waals surface area contributed by atoms with E-state index in [0.717, 1.165) is 29.4 Å². The van der Waals surface area contributed by atoms with E-state index >= 15 is 0 Å². The third-order valence-electron chi connectivity index (χ3n) is 4.05. The molecule has 1 saturated carbocycles. The second-order valence-corrected chi connectivity index (χ2v) is 6.76. The molecule has 114 valence electrons. The van der Waals surface area contributed by atoms with Gasteiger partial charge in [-0.3, -0.25) is 4.79 Å². The average Bonchev–Trinajstić information content (AvgIpc) is 3.33. The third kappa shape index (κ3) is 3.12. The highest BCUT2D eigenvalue weighted by molar-refractivity contribution is 7.99. The highest BCUT2D eigenvalue weighted by atomic mass is 32.2. The minimum absolute atomic E-state index is 0.0627. The van der Waals surface area contributed by atoms with E-state index in [1.807, 2.05) is 34.9 Å². The molecule has 1 heterocycles. The molecule has 0 bridgehead atoms. The lowest BCUT2D eigenvalue weighted by Gasteiger charge is -2.36. The third-order valence-corrected chi connectivity index (χ3v) is 5.32. The van der Waals surface area contributed by atoms with Gasteiger partial charge in [0.2, 0.25) is 5.91 Å². The fraction of sp³-hybridized carbons (Fsp3) is 0.562. The van der Waals surface area contributed by atoms with E-state index in [2.05, 4.69) is 0 Å². The molecule has 0 spiro atoms. The first-order valence-corrected chi connectivity index (χ1v) is 8.41. The van der Waals surface area contributed by atoms with Crippen LogP contribution in [0.2, 0.25) is 0 Å². The van der Waals surface area contributed by atoms with Crippen LogP contribution < -0.4 is 9.47 Å². The highest BCUT2D eigenvalue weighted by Gasteiger charge is 2.35. The van der Waals surface area contributed by atoms with Crippen LogP contribution in [-0.4, -0.2) is 37.3 Å². The van der Waals surface area contributed by atoms with Crippen LogP contribution in [0.25, 0.3) is 0 Å². The Kier molecular flexibility index (Phi) is 4.29. The maximum Gasteiger partial charge on any atom is 0.224 e. The molecule has 2 aliphatic rings. The Morgan fingerprint density at radius 3 is 2.76 bits per heavy atom. The van der Waals surface area contributed by atoms with E-state index in [1.54, 1.807) is 14.2 Å². The molecule has 1 aliphatic heterocycles. The van der Waals surface area contributed by atoms with Crippen LogP contribution in [0.1, 0.15) is 30.2 Å². The van der Waals surface area contributed by atoms with Crippen molar-refractivity contribution in [3.8, 4) is 11.5 Å². The SMILES string of the molecule is COc1ccc(C2SCCC(=O)N2CC2CC2)c(OC)c1. The summed E-state index contributed by atoms with van der Waals surface area (Å²) in [5.41, 5.74) is 1.07. The fourth-order valence-electron chi connectivity index (χ4n) is 2.68. The second-order valence-electron chi connectivity index (χ2n) is 5.57. The summed E-state index contributed by atoms with van der Waals surface area (Å²) in [6.07, 6.45) is 3.15. The van der Waals surface area contributed by atoms with Crippen LogP contribution in [-0.2, 0) is 4.79 Å². The van der Waals surface area contributed by atoms with E-state index in [4.69, 9.17) is 9.47 Å². The summed E-state index contributed by atoms with van der Waals surface area (Å²) >= 11 is 1.83. The van der Waals surface area contributed by atoms with Gasteiger partial charge in [-0.15, -0.1) is 11.8 Å². The van der Waals surface area contributed by atoms with E-state index in [-0.39, 0.29) is 11.3 Å². The molecule has 0 N–H and O–H groups in total. The molecule has 5 heteroatoms. The van der Waals surface area contributed by atoms with Crippen molar-refractivity contribution in [3.63, 3.8) is 0 Å². The van der Waals surface area contributed by atoms with Crippen molar-refractivity contribution in [1.29, 1.82) is 0 Å². The zero-order chi connectivity index (χ0) is 14.8. The summed E-state index contributed by atoms with van der Waals surface area (Å²) in [7, 11) is 3.31. The number of carbonyl (C=O) groups is 1. The summed E-state index contributed by atoms with van der Waals surface area (Å²) in [4.78, 5) is 14.3. The largest absolute Gasteiger partial charge is 0.497 e. The van der Waals surface area contributed by atoms with Gasteiger partial charge in [-0.1, -0.05) is 0 Å². The maximum atomic E-state index is 12.3. The van der Waals surface area contributed by atoms with Gasteiger partial charge in [-0.2, -0.15) is 0 Å². The van der Waals surface area contributed by atoms with Crippen LogP contribution in [0.3, 0.4) is 0 Å². The Morgan fingerprint density at radius 1 is 1.29 bits per heavy atom. The number of hydrogen-bond acceptors (Lipinski definition) is 4. The lowest BCUT2D eigenvalue weighted by molar-refractivity contribution is -0.132. The van der Waals surface area contributed by atoms with E-state index in [0.29, 0.717) is 12.3 Å². The molecule has 0 aromatic heterocycles. The zero-order valence-electron chi connectivity index (χ0n) is 12.5. The van der Waals surface area contributed by atoms with Crippen molar-refractivity contribution in [3.05, 3.63) is 23.8 Å². The molecule has 2 fully saturated rings. The summed E-state index contributed by atoms with van der Waals surface area (Å²) in [5, 5.41) is 0.0627. The first-order chi connectivity index (χ1) is 10.2. The number of hydrogen-bond donors (Lipinski definition) is 0. The standard InChI is InChI=1S/C16H21NO3S/c1-19-12-5-6-13(14(9-12)20-2)16-17(10-11-3-4-11)15(18)7-8-21-16/h5-6,9,11,16H,3-4,7-8,10H2,1-2H3. The first kappa shape index (κ1) is 14.6. The van der Waals surface area contributed by atoms with Gasteiger partial charge in [-0.25, -0.2) is 0 Å². The molecule has 1 aromatic carbocycles. The molecular formula is C16H21NO3S. The van der Waals surface area contributed by atoms with Gasteiger partial charge in [0.1, 0.15) is 16.9 Å². The van der Waals surface area contributed by atoms with Crippen molar-refractivity contribution in [2.45, 2.75) is 24.6 Å². The van der Waals surface area contributed by atoms with Crippen LogP contribution >= 0.6 is 11.8 Å². The molecular weight excluding hydrogens is 286 g/mol. The number of nitrogens with zero attached hydrogens (tertiary/aromatic N) is 1. The van der Waals surface area contributed by atoms with Crippen LogP contribution in [0.4, 0.5) is 0 Å². The van der Waals surface area contributed by atoms with Gasteiger partial charge >= 0.3 is 0 Å². The van der Waals surface area contributed by atoms with E-state index in [1.165, 1.54) is 12.8 Å². The van der Waals surface area contributed by atoms with E-state index in [9.17, 15) is 4.79 Å². The van der Waals surface area contributed by atoms with Crippen LogP contribution in [0.5, 0.6) is 11.5 Å². The molecule has 1 aromatic rings. The Bertz CT molecular complexity index is 530. The Balaban J connectivity index is 1.89. The molecule has 4 nitrogen and oxygen atoms in total. The van der Waals surface area contributed by atoms with Gasteiger partial charge in [0, 0.05) is 30.3 Å². The number of thioether (sulfide) groups is 1. The van der Waals surface area contributed by atoms with Gasteiger partial charge in [0.15, 0.2) is 0 Å². The smallest absolute Gasteiger partial charge is 0.224 e. The van der Waals surface area contributed by atoms with Crippen LogP contribution in [0, 0.1) is 5.92 Å². The summed E-state index contributed by atoms with van der Waals surface area (Å²) in [6, 6.07) is 5.85. The van der Waals surface area contributed by atoms with Crippen molar-refractivity contribution >= 4 is 17.7 Å². The maximum absolute atomic E-state index is 12.3. The fourth-order valence-corrected chi connectivity index (χ4v) is 3.95. The predicted molar refractivity (Wildman–Crippen MR) is 83.8 cm³/mol. The van der Waals surface area contributed by atoms with Crippen LogP contribution in [0.15, 0.2) is 18.2 Å². The molecule has 3 rings (SSSR count). The summed E-state index contributed by atoms with van der Waals surface area (Å²) in [5.74, 6) is 3.40. The topological polar surface area (TPSA) is 38.8 Å². The quantitative estimate of drug-likeness (QED) is 0.838. The number of carbonyl (C=O) groups excluding carboxylic acids is 1. The molecule has 0 radical (unpaired) electrons. The number of ether oxygens (including phenoxy) is 2. The van der Waals surface area contributed by atoms with Gasteiger partial charge in [0.25, 0.3) is 0 Å². The molecule has 1 atom stereocenters. The molecule has 1 amide bonds. The van der Waals surface area contributed by atoms with Gasteiger partial charge in [-0.05, 0) is 30.9 Å². The number of methoxy groups -OCH3 is 2. The lowest BCUT2D eigenvalue weighted by Crippen LogP contribution is -2.38. The lowest BCUT2D eigenvalue weighted by atomic mass is 10.1. The number of benzene rings is 1. The predicted octanol–water partition coefficient (Wildman–Crippen LogP) is 3.08. The normalized spacial score (nSPS) is 22.3. The van der Waals surface area contributed by atoms with Gasteiger partial charge in [0.05, 0.1) is 14.2 Å². The Morgan fingerprint density at radius 2 is 2.10 bits per heavy atom. The van der Waals surface area contributed by atoms with Gasteiger partial charge < -0.3 is 14.4 Å². The van der Waals surface area contributed by atoms with E-state index < -0.39 is 0 Å². The monoisotopic (exact) mass is 307 g/mol. The molecule has 1 unspecified atom stereocenters. The minimum atomic E-state index is 0.0627. The van der Waals surface area contributed by atoms with Crippen molar-refractivity contribution < 1.29 is 14.3 Å². The molecule has 1 aliphatic carbocycles.